The molecule has 21 heavy (non-hydrogen) atoms. The van der Waals surface area contributed by atoms with E-state index >= 15 is 0 Å². The predicted octanol–water partition coefficient (Wildman–Crippen LogP) is 3.21. The van der Waals surface area contributed by atoms with E-state index in [1.807, 2.05) is 37.4 Å². The van der Waals surface area contributed by atoms with Crippen LogP contribution in [0.3, 0.4) is 0 Å². The fourth-order valence-corrected chi connectivity index (χ4v) is 2.58. The van der Waals surface area contributed by atoms with Gasteiger partial charge in [-0.1, -0.05) is 32.0 Å². The van der Waals surface area contributed by atoms with Crippen molar-refractivity contribution < 1.29 is 0 Å². The molecule has 106 valence electrons. The first-order chi connectivity index (χ1) is 10.1. The van der Waals surface area contributed by atoms with E-state index in [0.717, 1.165) is 27.7 Å². The Morgan fingerprint density at radius 1 is 1.14 bits per heavy atom. The highest BCUT2D eigenvalue weighted by molar-refractivity contribution is 5.85. The van der Waals surface area contributed by atoms with Crippen molar-refractivity contribution in [2.75, 3.05) is 0 Å². The molecular formula is C17H17N3O. The molecule has 0 aliphatic rings. The van der Waals surface area contributed by atoms with Crippen LogP contribution in [0.25, 0.3) is 16.5 Å². The minimum atomic E-state index is -0.0344. The Morgan fingerprint density at radius 3 is 2.52 bits per heavy atom. The van der Waals surface area contributed by atoms with E-state index in [1.54, 1.807) is 10.8 Å². The van der Waals surface area contributed by atoms with Crippen molar-refractivity contribution in [2.24, 2.45) is 0 Å². The van der Waals surface area contributed by atoms with Crippen molar-refractivity contribution in [3.63, 3.8) is 0 Å². The molecule has 2 heterocycles. The van der Waals surface area contributed by atoms with Crippen LogP contribution in [0, 0.1) is 6.92 Å². The lowest BCUT2D eigenvalue weighted by Crippen LogP contribution is -2.20. The van der Waals surface area contributed by atoms with Gasteiger partial charge < -0.3 is 0 Å². The highest BCUT2D eigenvalue weighted by Crippen LogP contribution is 2.24. The second-order valence-corrected chi connectivity index (χ2v) is 5.45. The highest BCUT2D eigenvalue weighted by atomic mass is 16.1. The summed E-state index contributed by atoms with van der Waals surface area (Å²) in [5.41, 5.74) is 2.63. The maximum absolute atomic E-state index is 12.8. The number of nitrogens with zero attached hydrogens (tertiary/aromatic N) is 3. The zero-order valence-electron chi connectivity index (χ0n) is 12.4. The van der Waals surface area contributed by atoms with Gasteiger partial charge >= 0.3 is 0 Å². The third kappa shape index (κ3) is 2.23. The van der Waals surface area contributed by atoms with Gasteiger partial charge in [0.15, 0.2) is 0 Å². The molecular weight excluding hydrogens is 262 g/mol. The number of rotatable bonds is 2. The van der Waals surface area contributed by atoms with Gasteiger partial charge in [-0.05, 0) is 29.9 Å². The molecule has 0 aliphatic heterocycles. The van der Waals surface area contributed by atoms with E-state index in [-0.39, 0.29) is 5.56 Å². The topological polar surface area (TPSA) is 47.8 Å². The molecule has 3 aromatic rings. The Balaban J connectivity index is 2.43. The molecule has 0 aliphatic carbocycles. The van der Waals surface area contributed by atoms with Gasteiger partial charge in [0.1, 0.15) is 6.33 Å². The van der Waals surface area contributed by atoms with Crippen LogP contribution in [0.1, 0.15) is 31.0 Å². The quantitative estimate of drug-likeness (QED) is 0.723. The number of aromatic nitrogens is 3. The maximum Gasteiger partial charge on any atom is 0.263 e. The van der Waals surface area contributed by atoms with E-state index in [0.29, 0.717) is 5.92 Å². The molecule has 0 fully saturated rings. The number of hydrogen-bond donors (Lipinski definition) is 0. The summed E-state index contributed by atoms with van der Waals surface area (Å²) in [7, 11) is 0. The second kappa shape index (κ2) is 5.13. The fraction of sp³-hybridized carbons (Fsp3) is 0.235. The van der Waals surface area contributed by atoms with E-state index < -0.39 is 0 Å². The lowest BCUT2D eigenvalue weighted by molar-refractivity contribution is 0.842. The number of pyridine rings is 1. The highest BCUT2D eigenvalue weighted by Gasteiger charge is 2.13. The molecule has 0 unspecified atom stereocenters. The van der Waals surface area contributed by atoms with Gasteiger partial charge in [0.25, 0.3) is 5.56 Å². The first-order valence-electron chi connectivity index (χ1n) is 7.01. The Hall–Kier alpha value is -2.49. The van der Waals surface area contributed by atoms with Crippen LogP contribution in [0.4, 0.5) is 0 Å². The Morgan fingerprint density at radius 2 is 1.86 bits per heavy atom. The standard InChI is InChI=1S/C17H17N3O/c1-11(2)15-9-20(16-8-18-10-19-12(16)3)17(21)14-7-5-4-6-13(14)15/h4-11H,1-3H3. The van der Waals surface area contributed by atoms with Gasteiger partial charge in [0.2, 0.25) is 0 Å². The molecule has 3 rings (SSSR count). The van der Waals surface area contributed by atoms with Gasteiger partial charge in [-0.15, -0.1) is 0 Å². The van der Waals surface area contributed by atoms with Crippen molar-refractivity contribution in [2.45, 2.75) is 26.7 Å². The smallest absolute Gasteiger partial charge is 0.263 e. The predicted molar refractivity (Wildman–Crippen MR) is 84.0 cm³/mol. The third-order valence-corrected chi connectivity index (χ3v) is 3.72. The summed E-state index contributed by atoms with van der Waals surface area (Å²) >= 11 is 0. The van der Waals surface area contributed by atoms with Gasteiger partial charge in [-0.2, -0.15) is 0 Å². The fourth-order valence-electron chi connectivity index (χ4n) is 2.58. The van der Waals surface area contributed by atoms with E-state index in [1.165, 1.54) is 6.33 Å². The largest absolute Gasteiger partial charge is 0.280 e. The first kappa shape index (κ1) is 13.5. The molecule has 0 radical (unpaired) electrons. The minimum absolute atomic E-state index is 0.0344. The molecule has 0 N–H and O–H groups in total. The monoisotopic (exact) mass is 279 g/mol. The second-order valence-electron chi connectivity index (χ2n) is 5.45. The molecule has 0 saturated carbocycles. The van der Waals surface area contributed by atoms with E-state index in [4.69, 9.17) is 0 Å². The van der Waals surface area contributed by atoms with Crippen LogP contribution >= 0.6 is 0 Å². The van der Waals surface area contributed by atoms with Crippen LogP contribution in [0.15, 0.2) is 47.8 Å². The Kier molecular flexibility index (Phi) is 3.29. The summed E-state index contributed by atoms with van der Waals surface area (Å²) in [5, 5.41) is 1.75. The van der Waals surface area contributed by atoms with Gasteiger partial charge in [-0.3, -0.25) is 9.36 Å². The number of hydrogen-bond acceptors (Lipinski definition) is 3. The van der Waals surface area contributed by atoms with E-state index in [9.17, 15) is 4.79 Å². The maximum atomic E-state index is 12.8. The van der Waals surface area contributed by atoms with Crippen LogP contribution in [-0.2, 0) is 0 Å². The average molecular weight is 279 g/mol. The Labute approximate surface area is 123 Å². The molecule has 2 aromatic heterocycles. The summed E-state index contributed by atoms with van der Waals surface area (Å²) in [6, 6.07) is 7.74. The van der Waals surface area contributed by atoms with Crippen LogP contribution in [-0.4, -0.2) is 14.5 Å². The van der Waals surface area contributed by atoms with Gasteiger partial charge in [0.05, 0.1) is 17.6 Å². The van der Waals surface area contributed by atoms with Crippen LogP contribution < -0.4 is 5.56 Å². The lowest BCUT2D eigenvalue weighted by atomic mass is 9.98. The number of aryl methyl sites for hydroxylation is 1. The summed E-state index contributed by atoms with van der Waals surface area (Å²) in [6.45, 7) is 6.14. The molecule has 0 spiro atoms. The van der Waals surface area contributed by atoms with Crippen molar-refractivity contribution in [1.82, 2.24) is 14.5 Å². The van der Waals surface area contributed by atoms with Crippen molar-refractivity contribution in [3.05, 3.63) is 64.6 Å². The zero-order chi connectivity index (χ0) is 15.0. The first-order valence-corrected chi connectivity index (χ1v) is 7.01. The number of fused-ring (bicyclic) bond motifs is 1. The minimum Gasteiger partial charge on any atom is -0.280 e. The molecule has 0 saturated heterocycles. The Bertz CT molecular complexity index is 865. The summed E-state index contributed by atoms with van der Waals surface area (Å²) < 4.78 is 1.66. The van der Waals surface area contributed by atoms with Crippen molar-refractivity contribution in [1.29, 1.82) is 0 Å². The van der Waals surface area contributed by atoms with Crippen LogP contribution in [0.2, 0.25) is 0 Å². The molecule has 1 aromatic carbocycles. The summed E-state index contributed by atoms with van der Waals surface area (Å²) in [6.07, 6.45) is 5.10. The number of benzene rings is 1. The summed E-state index contributed by atoms with van der Waals surface area (Å²) in [5.74, 6) is 0.326. The average Bonchev–Trinajstić information content (AvgIpc) is 2.48. The SMILES string of the molecule is Cc1ncncc1-n1cc(C(C)C)c2ccccc2c1=O. The molecule has 4 nitrogen and oxygen atoms in total. The van der Waals surface area contributed by atoms with Gasteiger partial charge in [-0.25, -0.2) is 9.97 Å². The van der Waals surface area contributed by atoms with E-state index in [2.05, 4.69) is 23.8 Å². The summed E-state index contributed by atoms with van der Waals surface area (Å²) in [4.78, 5) is 21.0. The van der Waals surface area contributed by atoms with Gasteiger partial charge in [0, 0.05) is 11.6 Å². The molecule has 0 atom stereocenters. The normalized spacial score (nSPS) is 11.2. The lowest BCUT2D eigenvalue weighted by Gasteiger charge is -2.15. The zero-order valence-corrected chi connectivity index (χ0v) is 12.4. The third-order valence-electron chi connectivity index (χ3n) is 3.72. The van der Waals surface area contributed by atoms with Crippen molar-refractivity contribution >= 4 is 10.8 Å². The van der Waals surface area contributed by atoms with Crippen molar-refractivity contribution in [3.8, 4) is 5.69 Å². The van der Waals surface area contributed by atoms with Crippen LogP contribution in [0.5, 0.6) is 0 Å². The molecule has 0 amide bonds. The molecule has 4 heteroatoms. The molecule has 0 bridgehead atoms.